The summed E-state index contributed by atoms with van der Waals surface area (Å²) in [6, 6.07) is 3.75. The lowest BCUT2D eigenvalue weighted by Crippen LogP contribution is -2.13. The summed E-state index contributed by atoms with van der Waals surface area (Å²) >= 11 is 2.69. The van der Waals surface area contributed by atoms with Crippen molar-refractivity contribution in [2.24, 2.45) is 0 Å². The summed E-state index contributed by atoms with van der Waals surface area (Å²) in [6.07, 6.45) is 0.211. The van der Waals surface area contributed by atoms with Crippen LogP contribution in [0.25, 0.3) is 0 Å². The van der Waals surface area contributed by atoms with Gasteiger partial charge in [-0.05, 0) is 44.4 Å². The van der Waals surface area contributed by atoms with Crippen molar-refractivity contribution in [1.82, 2.24) is 19.3 Å². The summed E-state index contributed by atoms with van der Waals surface area (Å²) in [5.74, 6) is 0.399. The molecule has 0 aromatic carbocycles. The van der Waals surface area contributed by atoms with Gasteiger partial charge in [0.2, 0.25) is 11.9 Å². The van der Waals surface area contributed by atoms with E-state index in [9.17, 15) is 4.79 Å². The highest BCUT2D eigenvalue weighted by atomic mass is 32.1. The van der Waals surface area contributed by atoms with Crippen LogP contribution in [-0.4, -0.2) is 25.2 Å². The molecule has 124 valence electrons. The number of aryl methyl sites for hydroxylation is 3. The van der Waals surface area contributed by atoms with Gasteiger partial charge in [0.15, 0.2) is 5.13 Å². The third-order valence-corrected chi connectivity index (χ3v) is 4.59. The van der Waals surface area contributed by atoms with E-state index in [1.54, 1.807) is 0 Å². The molecule has 24 heavy (non-hydrogen) atoms. The highest BCUT2D eigenvalue weighted by Crippen LogP contribution is 2.20. The lowest BCUT2D eigenvalue weighted by Gasteiger charge is -2.03. The number of hydrogen-bond acceptors (Lipinski definition) is 8. The van der Waals surface area contributed by atoms with Crippen molar-refractivity contribution in [3.05, 3.63) is 40.3 Å². The molecule has 0 saturated heterocycles. The number of aromatic nitrogens is 4. The number of hydrogen-bond donors (Lipinski definition) is 2. The van der Waals surface area contributed by atoms with Crippen LogP contribution in [0.1, 0.15) is 22.8 Å². The molecule has 0 fully saturated rings. The molecule has 0 bridgehead atoms. The van der Waals surface area contributed by atoms with E-state index >= 15 is 0 Å². The number of carbonyl (C=O) groups excluding carboxylic acids is 1. The van der Waals surface area contributed by atoms with Crippen LogP contribution in [0.4, 0.5) is 16.1 Å². The summed E-state index contributed by atoms with van der Waals surface area (Å²) in [5, 5.41) is 9.16. The van der Waals surface area contributed by atoms with E-state index in [0.717, 1.165) is 22.1 Å². The summed E-state index contributed by atoms with van der Waals surface area (Å²) in [6.45, 7) is 5.72. The molecule has 0 radical (unpaired) electrons. The monoisotopic (exact) mass is 360 g/mol. The molecular formula is C15H16N6OS2. The fourth-order valence-electron chi connectivity index (χ4n) is 2.09. The maximum atomic E-state index is 12.0. The van der Waals surface area contributed by atoms with Crippen molar-refractivity contribution < 1.29 is 4.79 Å². The minimum atomic E-state index is -0.113. The Labute approximate surface area is 147 Å². The first kappa shape index (κ1) is 16.5. The maximum Gasteiger partial charge on any atom is 0.231 e. The molecule has 3 rings (SSSR count). The molecule has 7 nitrogen and oxygen atoms in total. The van der Waals surface area contributed by atoms with Crippen molar-refractivity contribution >= 4 is 44.9 Å². The molecule has 0 saturated carbocycles. The van der Waals surface area contributed by atoms with Crippen LogP contribution in [0, 0.1) is 20.8 Å². The van der Waals surface area contributed by atoms with Gasteiger partial charge in [0.25, 0.3) is 0 Å². The number of carbonyl (C=O) groups is 1. The lowest BCUT2D eigenvalue weighted by atomic mass is 10.3. The second-order valence-electron chi connectivity index (χ2n) is 5.30. The fraction of sp³-hybridized carbons (Fsp3) is 0.267. The van der Waals surface area contributed by atoms with E-state index < -0.39 is 0 Å². The maximum absolute atomic E-state index is 12.0. The number of nitrogens with one attached hydrogen (secondary N) is 2. The molecule has 0 unspecified atom stereocenters. The van der Waals surface area contributed by atoms with E-state index in [1.165, 1.54) is 22.9 Å². The Morgan fingerprint density at radius 1 is 1.08 bits per heavy atom. The van der Waals surface area contributed by atoms with Crippen LogP contribution in [0.2, 0.25) is 0 Å². The quantitative estimate of drug-likeness (QED) is 0.725. The first-order valence-electron chi connectivity index (χ1n) is 7.25. The van der Waals surface area contributed by atoms with Gasteiger partial charge in [-0.15, -0.1) is 11.3 Å². The Morgan fingerprint density at radius 3 is 2.50 bits per heavy atom. The zero-order chi connectivity index (χ0) is 17.1. The highest BCUT2D eigenvalue weighted by molar-refractivity contribution is 7.13. The minimum Gasteiger partial charge on any atom is -0.316 e. The van der Waals surface area contributed by atoms with Gasteiger partial charge in [0, 0.05) is 16.8 Å². The SMILES string of the molecule is Cc1cc(NC(=O)Cc2csc(Nc3nc(C)cc(C)n3)n2)sn1. The molecule has 9 heteroatoms. The largest absolute Gasteiger partial charge is 0.316 e. The van der Waals surface area contributed by atoms with Gasteiger partial charge < -0.3 is 10.6 Å². The molecule has 0 spiro atoms. The van der Waals surface area contributed by atoms with Gasteiger partial charge in [-0.1, -0.05) is 0 Å². The van der Waals surface area contributed by atoms with Crippen LogP contribution in [0.15, 0.2) is 17.5 Å². The van der Waals surface area contributed by atoms with Gasteiger partial charge >= 0.3 is 0 Å². The second kappa shape index (κ2) is 7.02. The molecule has 0 atom stereocenters. The summed E-state index contributed by atoms with van der Waals surface area (Å²) < 4.78 is 4.13. The van der Waals surface area contributed by atoms with E-state index in [-0.39, 0.29) is 12.3 Å². The average Bonchev–Trinajstić information content (AvgIpc) is 3.07. The zero-order valence-corrected chi connectivity index (χ0v) is 15.1. The smallest absolute Gasteiger partial charge is 0.231 e. The normalized spacial score (nSPS) is 10.6. The first-order chi connectivity index (χ1) is 11.5. The van der Waals surface area contributed by atoms with E-state index in [0.29, 0.717) is 16.8 Å². The van der Waals surface area contributed by atoms with E-state index in [2.05, 4.69) is 30.0 Å². The molecule has 3 heterocycles. The third kappa shape index (κ3) is 4.33. The third-order valence-electron chi connectivity index (χ3n) is 2.99. The number of anilines is 3. The molecule has 0 aliphatic carbocycles. The van der Waals surface area contributed by atoms with Gasteiger partial charge in [0.05, 0.1) is 17.8 Å². The Hall–Kier alpha value is -2.39. The number of nitrogens with zero attached hydrogens (tertiary/aromatic N) is 4. The van der Waals surface area contributed by atoms with Crippen molar-refractivity contribution in [3.8, 4) is 0 Å². The zero-order valence-electron chi connectivity index (χ0n) is 13.5. The van der Waals surface area contributed by atoms with Crippen LogP contribution in [0.5, 0.6) is 0 Å². The van der Waals surface area contributed by atoms with Crippen molar-refractivity contribution in [2.75, 3.05) is 10.6 Å². The number of thiazole rings is 1. The van der Waals surface area contributed by atoms with Gasteiger partial charge in [0.1, 0.15) is 5.00 Å². The first-order valence-corrected chi connectivity index (χ1v) is 8.90. The van der Waals surface area contributed by atoms with Crippen molar-refractivity contribution in [3.63, 3.8) is 0 Å². The van der Waals surface area contributed by atoms with Gasteiger partial charge in [-0.2, -0.15) is 4.37 Å². The molecule has 0 aliphatic rings. The van der Waals surface area contributed by atoms with Crippen molar-refractivity contribution in [2.45, 2.75) is 27.2 Å². The van der Waals surface area contributed by atoms with Gasteiger partial charge in [-0.25, -0.2) is 15.0 Å². The highest BCUT2D eigenvalue weighted by Gasteiger charge is 2.10. The Kier molecular flexibility index (Phi) is 4.81. The van der Waals surface area contributed by atoms with Crippen LogP contribution >= 0.6 is 22.9 Å². The standard InChI is InChI=1S/C15H16N6OS2/c1-8-4-9(2)17-14(16-8)20-15-18-11(7-23-15)6-12(22)19-13-5-10(3)21-24-13/h4-5,7H,6H2,1-3H3,(H,19,22)(H,16,17,18,20). The van der Waals surface area contributed by atoms with Crippen LogP contribution < -0.4 is 10.6 Å². The molecule has 3 aromatic rings. The molecule has 2 N–H and O–H groups in total. The Morgan fingerprint density at radius 2 is 1.83 bits per heavy atom. The number of amides is 1. The topological polar surface area (TPSA) is 92.7 Å². The second-order valence-corrected chi connectivity index (χ2v) is 6.96. The van der Waals surface area contributed by atoms with E-state index in [4.69, 9.17) is 0 Å². The molecule has 1 amide bonds. The molecule has 0 aliphatic heterocycles. The molecule has 3 aromatic heterocycles. The predicted octanol–water partition coefficient (Wildman–Crippen LogP) is 3.24. The lowest BCUT2D eigenvalue weighted by molar-refractivity contribution is -0.115. The predicted molar refractivity (Wildman–Crippen MR) is 96.1 cm³/mol. The summed E-state index contributed by atoms with van der Waals surface area (Å²) in [5.41, 5.74) is 3.37. The van der Waals surface area contributed by atoms with E-state index in [1.807, 2.05) is 38.3 Å². The number of rotatable bonds is 5. The Bertz CT molecular complexity index is 852. The minimum absolute atomic E-state index is 0.113. The molecular weight excluding hydrogens is 344 g/mol. The van der Waals surface area contributed by atoms with Crippen LogP contribution in [0.3, 0.4) is 0 Å². The van der Waals surface area contributed by atoms with Gasteiger partial charge in [-0.3, -0.25) is 4.79 Å². The van der Waals surface area contributed by atoms with Crippen LogP contribution in [-0.2, 0) is 11.2 Å². The Balaban J connectivity index is 1.61. The summed E-state index contributed by atoms with van der Waals surface area (Å²) in [4.78, 5) is 25.1. The summed E-state index contributed by atoms with van der Waals surface area (Å²) in [7, 11) is 0. The average molecular weight is 360 g/mol. The van der Waals surface area contributed by atoms with Crippen molar-refractivity contribution in [1.29, 1.82) is 0 Å². The fourth-order valence-corrected chi connectivity index (χ4v) is 3.47.